The van der Waals surface area contributed by atoms with E-state index in [1.165, 1.54) is 0 Å². The summed E-state index contributed by atoms with van der Waals surface area (Å²) < 4.78 is 5.48. The molecule has 0 aliphatic carbocycles. The highest BCUT2D eigenvalue weighted by molar-refractivity contribution is 6.52. The van der Waals surface area contributed by atoms with Crippen molar-refractivity contribution in [3.63, 3.8) is 0 Å². The van der Waals surface area contributed by atoms with Crippen LogP contribution >= 0.6 is 46.4 Å². The predicted molar refractivity (Wildman–Crippen MR) is 95.8 cm³/mol. The largest absolute Gasteiger partial charge is 0.493 e. The van der Waals surface area contributed by atoms with Crippen LogP contribution in [0.2, 0.25) is 20.2 Å². The van der Waals surface area contributed by atoms with Crippen LogP contribution in [0, 0.1) is 0 Å². The van der Waals surface area contributed by atoms with Crippen molar-refractivity contribution in [2.24, 2.45) is 0 Å². The minimum atomic E-state index is -0.482. The van der Waals surface area contributed by atoms with Crippen molar-refractivity contribution < 1.29 is 9.53 Å². The van der Waals surface area contributed by atoms with Crippen molar-refractivity contribution >= 4 is 52.3 Å². The number of pyridine rings is 1. The highest BCUT2D eigenvalue weighted by Gasteiger charge is 2.22. The molecular weight excluding hydrogens is 394 g/mol. The maximum absolute atomic E-state index is 12.5. The number of halogens is 4. The number of ether oxygens (including phenoxy) is 1. The van der Waals surface area contributed by atoms with Crippen LogP contribution in [0.3, 0.4) is 0 Å². The molecule has 0 bridgehead atoms. The Morgan fingerprint density at radius 2 is 1.96 bits per heavy atom. The number of fused-ring (bicyclic) bond motifs is 1. The van der Waals surface area contributed by atoms with Gasteiger partial charge in [-0.2, -0.15) is 0 Å². The number of benzene rings is 1. The van der Waals surface area contributed by atoms with Crippen molar-refractivity contribution in [1.82, 2.24) is 10.3 Å². The van der Waals surface area contributed by atoms with E-state index in [0.717, 1.165) is 23.3 Å². The molecule has 0 spiro atoms. The van der Waals surface area contributed by atoms with Crippen LogP contribution in [0.5, 0.6) is 5.75 Å². The van der Waals surface area contributed by atoms with Crippen LogP contribution in [-0.4, -0.2) is 17.5 Å². The molecule has 1 aliphatic rings. The van der Waals surface area contributed by atoms with Gasteiger partial charge in [0.05, 0.1) is 27.7 Å². The van der Waals surface area contributed by atoms with E-state index >= 15 is 0 Å². The number of hydrogen-bond donors (Lipinski definition) is 1. The summed E-state index contributed by atoms with van der Waals surface area (Å²) in [6.45, 7) is 2.54. The molecule has 1 aliphatic heterocycles. The lowest BCUT2D eigenvalue weighted by atomic mass is 10.0. The van der Waals surface area contributed by atoms with Gasteiger partial charge in [-0.3, -0.25) is 4.79 Å². The molecule has 126 valence electrons. The van der Waals surface area contributed by atoms with E-state index < -0.39 is 5.91 Å². The average molecular weight is 406 g/mol. The summed E-state index contributed by atoms with van der Waals surface area (Å²) in [5, 5.41) is 2.76. The van der Waals surface area contributed by atoms with Gasteiger partial charge in [0, 0.05) is 6.42 Å². The summed E-state index contributed by atoms with van der Waals surface area (Å²) in [5.74, 6) is 0.406. The third-order valence-electron chi connectivity index (χ3n) is 3.76. The highest BCUT2D eigenvalue weighted by Crippen LogP contribution is 2.36. The summed E-state index contributed by atoms with van der Waals surface area (Å²) in [4.78, 5) is 16.4. The fourth-order valence-electron chi connectivity index (χ4n) is 2.46. The fourth-order valence-corrected chi connectivity index (χ4v) is 3.28. The second-order valence-corrected chi connectivity index (χ2v) is 6.85. The van der Waals surface area contributed by atoms with Crippen LogP contribution in [0.25, 0.3) is 0 Å². The van der Waals surface area contributed by atoms with Crippen LogP contribution in [0.15, 0.2) is 18.2 Å². The summed E-state index contributed by atoms with van der Waals surface area (Å²) in [7, 11) is 0. The number of amides is 1. The molecule has 1 amide bonds. The predicted octanol–water partition coefficient (Wildman–Crippen LogP) is 5.12. The molecule has 8 heteroatoms. The zero-order valence-electron chi connectivity index (χ0n) is 12.5. The van der Waals surface area contributed by atoms with E-state index in [2.05, 4.69) is 10.3 Å². The molecule has 4 nitrogen and oxygen atoms in total. The topological polar surface area (TPSA) is 51.2 Å². The molecule has 0 saturated heterocycles. The summed E-state index contributed by atoms with van der Waals surface area (Å²) >= 11 is 23.8. The maximum atomic E-state index is 12.5. The lowest BCUT2D eigenvalue weighted by Gasteiger charge is -2.16. The van der Waals surface area contributed by atoms with E-state index in [-0.39, 0.29) is 32.0 Å². The first-order valence-corrected chi connectivity index (χ1v) is 8.66. The Balaban J connectivity index is 1.82. The fraction of sp³-hybridized carbons (Fsp3) is 0.250. The third-order valence-corrected chi connectivity index (χ3v) is 5.44. The zero-order valence-corrected chi connectivity index (χ0v) is 15.5. The van der Waals surface area contributed by atoms with E-state index in [1.807, 2.05) is 25.1 Å². The van der Waals surface area contributed by atoms with E-state index in [4.69, 9.17) is 51.1 Å². The van der Waals surface area contributed by atoms with Gasteiger partial charge in [0.2, 0.25) is 0 Å². The van der Waals surface area contributed by atoms with Gasteiger partial charge in [-0.1, -0.05) is 52.5 Å². The molecule has 24 heavy (non-hydrogen) atoms. The molecule has 1 aromatic carbocycles. The summed E-state index contributed by atoms with van der Waals surface area (Å²) in [6.07, 6.45) is 0.861. The van der Waals surface area contributed by atoms with E-state index in [0.29, 0.717) is 6.61 Å². The van der Waals surface area contributed by atoms with Crippen molar-refractivity contribution in [3.8, 4) is 5.75 Å². The number of carbonyl (C=O) groups is 1. The summed E-state index contributed by atoms with van der Waals surface area (Å²) in [6, 6.07) is 5.58. The molecule has 2 heterocycles. The molecule has 0 saturated carbocycles. The Hall–Kier alpha value is -1.20. The van der Waals surface area contributed by atoms with Gasteiger partial charge < -0.3 is 10.1 Å². The van der Waals surface area contributed by atoms with Crippen LogP contribution in [0.4, 0.5) is 0 Å². The lowest BCUT2D eigenvalue weighted by molar-refractivity contribution is 0.0935. The van der Waals surface area contributed by atoms with Crippen LogP contribution in [-0.2, 0) is 6.42 Å². The molecule has 0 unspecified atom stereocenters. The third kappa shape index (κ3) is 3.29. The maximum Gasteiger partial charge on any atom is 0.272 e. The second-order valence-electron chi connectivity index (χ2n) is 5.35. The quantitative estimate of drug-likeness (QED) is 0.720. The lowest BCUT2D eigenvalue weighted by Crippen LogP contribution is -2.28. The monoisotopic (exact) mass is 404 g/mol. The number of nitrogens with zero attached hydrogens (tertiary/aromatic N) is 1. The van der Waals surface area contributed by atoms with Gasteiger partial charge in [0.15, 0.2) is 0 Å². The van der Waals surface area contributed by atoms with Crippen LogP contribution < -0.4 is 10.1 Å². The van der Waals surface area contributed by atoms with Gasteiger partial charge >= 0.3 is 0 Å². The first kappa shape index (κ1) is 17.6. The average Bonchev–Trinajstić information content (AvgIpc) is 3.03. The zero-order chi connectivity index (χ0) is 17.4. The minimum absolute atomic E-state index is 0.00539. The van der Waals surface area contributed by atoms with E-state index in [1.54, 1.807) is 0 Å². The standard InChI is InChI=1S/C16H12Cl4N2O2/c1-7(8-2-3-10-9(6-8)4-5-24-10)21-16(23)14-12(18)11(17)13(19)15(20)22-14/h2-3,6-7H,4-5H2,1H3,(H,21,23)/t7-/m1/s1. The van der Waals surface area contributed by atoms with Gasteiger partial charge in [-0.25, -0.2) is 4.98 Å². The SMILES string of the molecule is C[C@@H](NC(=O)c1nc(Cl)c(Cl)c(Cl)c1Cl)c1ccc2c(c1)CCO2. The Bertz CT molecular complexity index is 826. The first-order valence-electron chi connectivity index (χ1n) is 7.15. The molecule has 1 atom stereocenters. The molecule has 1 N–H and O–H groups in total. The second kappa shape index (κ2) is 6.96. The molecule has 0 fully saturated rings. The van der Waals surface area contributed by atoms with Gasteiger partial charge in [0.1, 0.15) is 16.6 Å². The Morgan fingerprint density at radius 3 is 2.71 bits per heavy atom. The molecule has 0 radical (unpaired) electrons. The smallest absolute Gasteiger partial charge is 0.272 e. The number of aromatic nitrogens is 1. The number of hydrogen-bond acceptors (Lipinski definition) is 3. The van der Waals surface area contributed by atoms with Gasteiger partial charge in [0.25, 0.3) is 5.91 Å². The highest BCUT2D eigenvalue weighted by atomic mass is 35.5. The van der Waals surface area contributed by atoms with Crippen molar-refractivity contribution in [1.29, 1.82) is 0 Å². The minimum Gasteiger partial charge on any atom is -0.493 e. The Morgan fingerprint density at radius 1 is 1.21 bits per heavy atom. The van der Waals surface area contributed by atoms with Gasteiger partial charge in [-0.15, -0.1) is 0 Å². The van der Waals surface area contributed by atoms with Crippen LogP contribution in [0.1, 0.15) is 34.6 Å². The number of rotatable bonds is 3. The molecule has 1 aromatic heterocycles. The number of carbonyl (C=O) groups excluding carboxylic acids is 1. The Kier molecular flexibility index (Phi) is 5.11. The summed E-state index contributed by atoms with van der Waals surface area (Å²) in [5.41, 5.74) is 2.02. The van der Waals surface area contributed by atoms with Crippen molar-refractivity contribution in [2.45, 2.75) is 19.4 Å². The van der Waals surface area contributed by atoms with Gasteiger partial charge in [-0.05, 0) is 30.2 Å². The first-order chi connectivity index (χ1) is 11.4. The molecular formula is C16H12Cl4N2O2. The van der Waals surface area contributed by atoms with Crippen molar-refractivity contribution in [3.05, 3.63) is 55.2 Å². The number of nitrogens with one attached hydrogen (secondary N) is 1. The van der Waals surface area contributed by atoms with Crippen molar-refractivity contribution in [2.75, 3.05) is 6.61 Å². The Labute approximate surface area is 159 Å². The molecule has 2 aromatic rings. The normalized spacial score (nSPS) is 14.0. The van der Waals surface area contributed by atoms with E-state index in [9.17, 15) is 4.79 Å². The molecule has 3 rings (SSSR count).